The Morgan fingerprint density at radius 2 is 1.96 bits per heavy atom. The van der Waals surface area contributed by atoms with Crippen LogP contribution in [0.5, 0.6) is 0 Å². The Bertz CT molecular complexity index is 1200. The Hall–Kier alpha value is -3.00. The summed E-state index contributed by atoms with van der Waals surface area (Å²) in [5.41, 5.74) is 3.17. The zero-order valence-electron chi connectivity index (χ0n) is 15.4. The van der Waals surface area contributed by atoms with Crippen LogP contribution in [0.15, 0.2) is 41.5 Å². The van der Waals surface area contributed by atoms with E-state index < -0.39 is 0 Å². The number of pyridine rings is 1. The number of nitrogens with zero attached hydrogens (tertiary/aromatic N) is 4. The third-order valence-electron chi connectivity index (χ3n) is 4.59. The smallest absolute Gasteiger partial charge is 0.280 e. The molecule has 1 aromatic carbocycles. The second-order valence-electron chi connectivity index (χ2n) is 6.67. The molecule has 4 aromatic rings. The zero-order valence-corrected chi connectivity index (χ0v) is 16.2. The predicted molar refractivity (Wildman–Crippen MR) is 111 cm³/mol. The van der Waals surface area contributed by atoms with E-state index in [2.05, 4.69) is 34.3 Å². The highest BCUT2D eigenvalue weighted by molar-refractivity contribution is 7.80. The summed E-state index contributed by atoms with van der Waals surface area (Å²) in [6.45, 7) is 6.94. The quantitative estimate of drug-likeness (QED) is 0.534. The summed E-state index contributed by atoms with van der Waals surface area (Å²) in [4.78, 5) is 17.3. The largest absolute Gasteiger partial charge is 0.361 e. The van der Waals surface area contributed by atoms with E-state index in [4.69, 9.17) is 12.2 Å². The van der Waals surface area contributed by atoms with Crippen molar-refractivity contribution in [3.63, 3.8) is 0 Å². The minimum atomic E-state index is -0.140. The lowest BCUT2D eigenvalue weighted by atomic mass is 10.0. The van der Waals surface area contributed by atoms with Gasteiger partial charge in [-0.25, -0.2) is 9.67 Å². The fourth-order valence-corrected chi connectivity index (χ4v) is 3.39. The van der Waals surface area contributed by atoms with Crippen molar-refractivity contribution in [2.24, 2.45) is 0 Å². The van der Waals surface area contributed by atoms with Gasteiger partial charge in [0.05, 0.1) is 28.2 Å². The van der Waals surface area contributed by atoms with Gasteiger partial charge in [0.2, 0.25) is 0 Å². The lowest BCUT2D eigenvalue weighted by Gasteiger charge is -2.06. The molecule has 4 rings (SSSR count). The molecule has 8 heteroatoms. The first-order valence-corrected chi connectivity index (χ1v) is 9.28. The van der Waals surface area contributed by atoms with Crippen molar-refractivity contribution in [2.45, 2.75) is 26.7 Å². The zero-order chi connectivity index (χ0) is 19.1. The summed E-state index contributed by atoms with van der Waals surface area (Å²) < 4.78 is 3.11. The van der Waals surface area contributed by atoms with Crippen LogP contribution in [0.1, 0.15) is 32.3 Å². The van der Waals surface area contributed by atoms with Gasteiger partial charge < -0.3 is 5.32 Å². The standard InChI is InChI=1S/C19H20N6OS/c1-4-20-19(27)25-17-14(10-22-25)16-15(9-21-17)18(26)24(23-16)13-7-5-12(6-8-13)11(2)3/h5-11,23H,4H2,1-3H3,(H,20,27). The highest BCUT2D eigenvalue weighted by Gasteiger charge is 2.16. The maximum absolute atomic E-state index is 12.9. The molecule has 7 nitrogen and oxygen atoms in total. The van der Waals surface area contributed by atoms with Crippen molar-refractivity contribution in [3.8, 4) is 5.69 Å². The summed E-state index contributed by atoms with van der Waals surface area (Å²) >= 11 is 5.34. The maximum atomic E-state index is 12.9. The van der Waals surface area contributed by atoms with Gasteiger partial charge in [-0.15, -0.1) is 0 Å². The minimum Gasteiger partial charge on any atom is -0.361 e. The number of fused-ring (bicyclic) bond motifs is 3. The normalized spacial score (nSPS) is 11.6. The molecular formula is C19H20N6OS. The molecule has 3 aromatic heterocycles. The molecule has 0 aliphatic carbocycles. The lowest BCUT2D eigenvalue weighted by Crippen LogP contribution is -2.28. The van der Waals surface area contributed by atoms with E-state index in [0.717, 1.165) is 11.1 Å². The molecule has 3 heterocycles. The van der Waals surface area contributed by atoms with E-state index in [1.165, 1.54) is 10.2 Å². The van der Waals surface area contributed by atoms with Crippen LogP contribution in [0.4, 0.5) is 0 Å². The third kappa shape index (κ3) is 2.82. The number of hydrogen-bond acceptors (Lipinski definition) is 4. The maximum Gasteiger partial charge on any atom is 0.280 e. The van der Waals surface area contributed by atoms with Crippen LogP contribution in [0.25, 0.3) is 27.6 Å². The van der Waals surface area contributed by atoms with Crippen LogP contribution in [0, 0.1) is 0 Å². The molecule has 0 amide bonds. The van der Waals surface area contributed by atoms with E-state index >= 15 is 0 Å². The highest BCUT2D eigenvalue weighted by Crippen LogP contribution is 2.21. The fourth-order valence-electron chi connectivity index (χ4n) is 3.11. The van der Waals surface area contributed by atoms with Gasteiger partial charge in [-0.2, -0.15) is 9.78 Å². The second-order valence-corrected chi connectivity index (χ2v) is 7.06. The summed E-state index contributed by atoms with van der Waals surface area (Å²) in [7, 11) is 0. The van der Waals surface area contributed by atoms with E-state index in [-0.39, 0.29) is 5.56 Å². The topological polar surface area (TPSA) is 80.5 Å². The second kappa shape index (κ2) is 6.62. The van der Waals surface area contributed by atoms with E-state index in [1.807, 2.05) is 31.2 Å². The third-order valence-corrected chi connectivity index (χ3v) is 4.91. The Kier molecular flexibility index (Phi) is 4.27. The van der Waals surface area contributed by atoms with Gasteiger partial charge in [0.25, 0.3) is 5.56 Å². The van der Waals surface area contributed by atoms with Crippen LogP contribution in [0.2, 0.25) is 0 Å². The van der Waals surface area contributed by atoms with Gasteiger partial charge in [0, 0.05) is 12.7 Å². The van der Waals surface area contributed by atoms with Crippen LogP contribution in [0.3, 0.4) is 0 Å². The number of hydrogen-bond donors (Lipinski definition) is 2. The Labute approximate surface area is 161 Å². The van der Waals surface area contributed by atoms with Crippen LogP contribution < -0.4 is 10.9 Å². The predicted octanol–water partition coefficient (Wildman–Crippen LogP) is 2.93. The minimum absolute atomic E-state index is 0.140. The molecule has 0 unspecified atom stereocenters. The molecule has 0 atom stereocenters. The molecule has 0 aliphatic rings. The van der Waals surface area contributed by atoms with Gasteiger partial charge in [0.15, 0.2) is 10.8 Å². The molecule has 0 bridgehead atoms. The first kappa shape index (κ1) is 17.4. The molecule has 0 saturated heterocycles. The van der Waals surface area contributed by atoms with Crippen molar-refractivity contribution in [1.29, 1.82) is 0 Å². The number of thiocarbonyl (C=S) groups is 1. The van der Waals surface area contributed by atoms with Crippen molar-refractivity contribution in [3.05, 3.63) is 52.6 Å². The van der Waals surface area contributed by atoms with Crippen molar-refractivity contribution in [2.75, 3.05) is 6.54 Å². The summed E-state index contributed by atoms with van der Waals surface area (Å²) in [5.74, 6) is 0.439. The molecule has 27 heavy (non-hydrogen) atoms. The molecule has 0 spiro atoms. The summed E-state index contributed by atoms with van der Waals surface area (Å²) in [6.07, 6.45) is 3.25. The lowest BCUT2D eigenvalue weighted by molar-refractivity contribution is 0.847. The van der Waals surface area contributed by atoms with Crippen molar-refractivity contribution >= 4 is 39.3 Å². The van der Waals surface area contributed by atoms with E-state index in [1.54, 1.807) is 17.1 Å². The fraction of sp³-hybridized carbons (Fsp3) is 0.263. The number of rotatable bonds is 3. The molecule has 2 N–H and O–H groups in total. The average molecular weight is 380 g/mol. The molecule has 0 saturated carbocycles. The molecular weight excluding hydrogens is 360 g/mol. The molecule has 0 radical (unpaired) electrons. The molecule has 0 fully saturated rings. The monoisotopic (exact) mass is 380 g/mol. The molecule has 138 valence electrons. The van der Waals surface area contributed by atoms with Gasteiger partial charge >= 0.3 is 0 Å². The van der Waals surface area contributed by atoms with Crippen LogP contribution >= 0.6 is 12.2 Å². The highest BCUT2D eigenvalue weighted by atomic mass is 32.1. The number of H-pyrrole nitrogens is 1. The average Bonchev–Trinajstić information content (AvgIpc) is 3.23. The Balaban J connectivity index is 1.87. The summed E-state index contributed by atoms with van der Waals surface area (Å²) in [5, 5.41) is 12.3. The SMILES string of the molecule is CCNC(=S)n1ncc2c3[nH]n(-c4ccc(C(C)C)cc4)c(=O)c3cnc21. The van der Waals surface area contributed by atoms with E-state index in [0.29, 0.717) is 34.1 Å². The molecule has 0 aliphatic heterocycles. The van der Waals surface area contributed by atoms with E-state index in [9.17, 15) is 4.79 Å². The Morgan fingerprint density at radius 1 is 1.22 bits per heavy atom. The number of aromatic amines is 1. The Morgan fingerprint density at radius 3 is 2.63 bits per heavy atom. The van der Waals surface area contributed by atoms with Crippen LogP contribution in [-0.2, 0) is 0 Å². The van der Waals surface area contributed by atoms with Gasteiger partial charge in [-0.05, 0) is 42.8 Å². The number of nitrogens with one attached hydrogen (secondary N) is 2. The number of aromatic nitrogens is 5. The van der Waals surface area contributed by atoms with Crippen molar-refractivity contribution < 1.29 is 0 Å². The van der Waals surface area contributed by atoms with Gasteiger partial charge in [-0.1, -0.05) is 26.0 Å². The number of benzene rings is 1. The first-order valence-electron chi connectivity index (χ1n) is 8.87. The van der Waals surface area contributed by atoms with Crippen LogP contribution in [-0.4, -0.2) is 36.2 Å². The summed E-state index contributed by atoms with van der Waals surface area (Å²) in [6, 6.07) is 7.97. The van der Waals surface area contributed by atoms with Gasteiger partial charge in [-0.3, -0.25) is 9.89 Å². The van der Waals surface area contributed by atoms with Crippen molar-refractivity contribution in [1.82, 2.24) is 29.9 Å². The first-order chi connectivity index (χ1) is 13.0. The van der Waals surface area contributed by atoms with Gasteiger partial charge in [0.1, 0.15) is 0 Å².